The van der Waals surface area contributed by atoms with Crippen LogP contribution in [0.5, 0.6) is 11.5 Å². The molecule has 0 atom stereocenters. The third-order valence-corrected chi connectivity index (χ3v) is 8.98. The van der Waals surface area contributed by atoms with Gasteiger partial charge in [-0.15, -0.1) is 0 Å². The second-order valence-electron chi connectivity index (χ2n) is 11.4. The molecule has 0 N–H and O–H groups in total. The molecule has 0 saturated carbocycles. The van der Waals surface area contributed by atoms with Crippen molar-refractivity contribution in [2.45, 2.75) is 0 Å². The lowest BCUT2D eigenvalue weighted by Crippen LogP contribution is -2.04. The SMILES string of the molecule is c1ccc(-c2nc(-n3c4ccccc4c4cc5c(cc43)Oc3cccc4cccc-5c34)nc3c2ccc2ccccc23)cc1. The molecular weight excluding hydrogens is 538 g/mol. The van der Waals surface area contributed by atoms with Gasteiger partial charge in [0.1, 0.15) is 11.5 Å². The first-order chi connectivity index (χ1) is 21.8. The normalized spacial score (nSPS) is 12.3. The highest BCUT2D eigenvalue weighted by atomic mass is 16.5. The number of rotatable bonds is 2. The Hall–Kier alpha value is -6.00. The van der Waals surface area contributed by atoms with Crippen molar-refractivity contribution in [1.29, 1.82) is 0 Å². The molecule has 9 aromatic rings. The Balaban J connectivity index is 1.33. The molecule has 0 amide bonds. The van der Waals surface area contributed by atoms with Gasteiger partial charge in [-0.25, -0.2) is 9.97 Å². The van der Waals surface area contributed by atoms with E-state index in [2.05, 4.69) is 138 Å². The third-order valence-electron chi connectivity index (χ3n) is 8.98. The van der Waals surface area contributed by atoms with Crippen LogP contribution in [-0.4, -0.2) is 14.5 Å². The van der Waals surface area contributed by atoms with E-state index in [1.165, 1.54) is 10.9 Å². The largest absolute Gasteiger partial charge is 0.456 e. The number of ether oxygens (including phenoxy) is 1. The standard InChI is InChI=1S/C40H23N3O/c1-2-11-26(12-3-1)38-30-21-20-24-10-4-5-15-27(24)39(30)42-40(41-38)43-33-18-7-6-16-28(33)31-22-32-29-17-8-13-25-14-9-19-35(37(25)29)44-36(32)23-34(31)43/h1-23H. The zero-order valence-electron chi connectivity index (χ0n) is 23.5. The first-order valence-corrected chi connectivity index (χ1v) is 14.8. The van der Waals surface area contributed by atoms with Crippen LogP contribution in [0, 0.1) is 0 Å². The van der Waals surface area contributed by atoms with Crippen LogP contribution < -0.4 is 4.74 Å². The maximum Gasteiger partial charge on any atom is 0.235 e. The number of hydrogen-bond donors (Lipinski definition) is 0. The molecule has 0 unspecified atom stereocenters. The van der Waals surface area contributed by atoms with Crippen LogP contribution in [0.2, 0.25) is 0 Å². The maximum absolute atomic E-state index is 6.61. The summed E-state index contributed by atoms with van der Waals surface area (Å²) >= 11 is 0. The summed E-state index contributed by atoms with van der Waals surface area (Å²) in [6, 6.07) is 48.9. The van der Waals surface area contributed by atoms with Gasteiger partial charge < -0.3 is 4.74 Å². The van der Waals surface area contributed by atoms with Crippen molar-refractivity contribution in [1.82, 2.24) is 14.5 Å². The summed E-state index contributed by atoms with van der Waals surface area (Å²) in [5.41, 5.74) is 7.26. The molecule has 4 heteroatoms. The van der Waals surface area contributed by atoms with E-state index in [9.17, 15) is 0 Å². The molecule has 0 saturated heterocycles. The van der Waals surface area contributed by atoms with E-state index in [0.29, 0.717) is 5.95 Å². The van der Waals surface area contributed by atoms with Gasteiger partial charge in [-0.05, 0) is 40.6 Å². The van der Waals surface area contributed by atoms with Crippen LogP contribution in [0.25, 0.3) is 82.6 Å². The monoisotopic (exact) mass is 561 g/mol. The molecule has 204 valence electrons. The lowest BCUT2D eigenvalue weighted by atomic mass is 9.93. The number of nitrogens with zero attached hydrogens (tertiary/aromatic N) is 3. The molecule has 0 fully saturated rings. The molecule has 7 aromatic carbocycles. The van der Waals surface area contributed by atoms with Crippen LogP contribution in [0.15, 0.2) is 140 Å². The second kappa shape index (κ2) is 8.76. The average Bonchev–Trinajstić information content (AvgIpc) is 3.40. The molecule has 0 spiro atoms. The minimum absolute atomic E-state index is 0.636. The Kier molecular flexibility index (Phi) is 4.69. The summed E-state index contributed by atoms with van der Waals surface area (Å²) in [5.74, 6) is 2.35. The van der Waals surface area contributed by atoms with Gasteiger partial charge in [-0.2, -0.15) is 0 Å². The van der Waals surface area contributed by atoms with Crippen molar-refractivity contribution in [3.8, 4) is 39.8 Å². The number of aromatic nitrogens is 3. The number of para-hydroxylation sites is 1. The second-order valence-corrected chi connectivity index (χ2v) is 11.4. The third kappa shape index (κ3) is 3.22. The molecule has 0 radical (unpaired) electrons. The van der Waals surface area contributed by atoms with Crippen LogP contribution in [0.1, 0.15) is 0 Å². The average molecular weight is 562 g/mol. The van der Waals surface area contributed by atoms with Crippen LogP contribution in [-0.2, 0) is 0 Å². The molecule has 0 aliphatic carbocycles. The summed E-state index contributed by atoms with van der Waals surface area (Å²) < 4.78 is 8.81. The van der Waals surface area contributed by atoms with Gasteiger partial charge in [-0.3, -0.25) is 4.57 Å². The lowest BCUT2D eigenvalue weighted by Gasteiger charge is -2.21. The lowest BCUT2D eigenvalue weighted by molar-refractivity contribution is 0.487. The molecule has 0 bridgehead atoms. The zero-order valence-corrected chi connectivity index (χ0v) is 23.5. The highest BCUT2D eigenvalue weighted by molar-refractivity contribution is 6.14. The Bertz CT molecular complexity index is 2630. The first-order valence-electron chi connectivity index (χ1n) is 14.8. The zero-order chi connectivity index (χ0) is 28.8. The van der Waals surface area contributed by atoms with E-state index < -0.39 is 0 Å². The highest BCUT2D eigenvalue weighted by Gasteiger charge is 2.24. The Morgan fingerprint density at radius 3 is 2.16 bits per heavy atom. The summed E-state index contributed by atoms with van der Waals surface area (Å²) in [6.45, 7) is 0. The smallest absolute Gasteiger partial charge is 0.235 e. The highest BCUT2D eigenvalue weighted by Crippen LogP contribution is 2.49. The fraction of sp³-hybridized carbons (Fsp3) is 0. The Morgan fingerprint density at radius 1 is 0.477 bits per heavy atom. The molecule has 4 nitrogen and oxygen atoms in total. The minimum Gasteiger partial charge on any atom is -0.456 e. The van der Waals surface area contributed by atoms with Crippen molar-refractivity contribution < 1.29 is 4.74 Å². The summed E-state index contributed by atoms with van der Waals surface area (Å²) in [4.78, 5) is 10.6. The van der Waals surface area contributed by atoms with E-state index in [0.717, 1.165) is 77.2 Å². The van der Waals surface area contributed by atoms with Crippen molar-refractivity contribution in [2.75, 3.05) is 0 Å². The van der Waals surface area contributed by atoms with Crippen molar-refractivity contribution in [3.05, 3.63) is 140 Å². The van der Waals surface area contributed by atoms with Gasteiger partial charge in [-0.1, -0.05) is 109 Å². The molecular formula is C40H23N3O. The predicted molar refractivity (Wildman–Crippen MR) is 180 cm³/mol. The van der Waals surface area contributed by atoms with Gasteiger partial charge in [0.15, 0.2) is 0 Å². The van der Waals surface area contributed by atoms with Gasteiger partial charge in [0.05, 0.1) is 22.2 Å². The maximum atomic E-state index is 6.61. The number of hydrogen-bond acceptors (Lipinski definition) is 3. The van der Waals surface area contributed by atoms with E-state index >= 15 is 0 Å². The van der Waals surface area contributed by atoms with E-state index in [1.54, 1.807) is 0 Å². The Morgan fingerprint density at radius 2 is 1.25 bits per heavy atom. The van der Waals surface area contributed by atoms with Gasteiger partial charge in [0.2, 0.25) is 5.95 Å². The topological polar surface area (TPSA) is 39.9 Å². The van der Waals surface area contributed by atoms with Crippen LogP contribution in [0.3, 0.4) is 0 Å². The minimum atomic E-state index is 0.636. The molecule has 1 aliphatic rings. The van der Waals surface area contributed by atoms with E-state index in [4.69, 9.17) is 14.7 Å². The van der Waals surface area contributed by atoms with Crippen molar-refractivity contribution in [2.24, 2.45) is 0 Å². The quantitative estimate of drug-likeness (QED) is 0.197. The van der Waals surface area contributed by atoms with Crippen LogP contribution in [0.4, 0.5) is 0 Å². The fourth-order valence-electron chi connectivity index (χ4n) is 7.01. The molecule has 3 heterocycles. The molecule has 1 aliphatic heterocycles. The summed E-state index contributed by atoms with van der Waals surface area (Å²) in [7, 11) is 0. The van der Waals surface area contributed by atoms with Crippen LogP contribution >= 0.6 is 0 Å². The number of fused-ring (bicyclic) bond motifs is 8. The summed E-state index contributed by atoms with van der Waals surface area (Å²) in [6.07, 6.45) is 0. The predicted octanol–water partition coefficient (Wildman–Crippen LogP) is 10.5. The summed E-state index contributed by atoms with van der Waals surface area (Å²) in [5, 5.41) is 7.92. The van der Waals surface area contributed by atoms with Crippen molar-refractivity contribution >= 4 is 54.3 Å². The van der Waals surface area contributed by atoms with Crippen molar-refractivity contribution in [3.63, 3.8) is 0 Å². The van der Waals surface area contributed by atoms with Gasteiger partial charge >= 0.3 is 0 Å². The first kappa shape index (κ1) is 23.6. The van der Waals surface area contributed by atoms with Gasteiger partial charge in [0.25, 0.3) is 0 Å². The fourth-order valence-corrected chi connectivity index (χ4v) is 7.01. The Labute approximate surface area is 252 Å². The molecule has 10 rings (SSSR count). The molecule has 2 aromatic heterocycles. The van der Waals surface area contributed by atoms with Gasteiger partial charge in [0, 0.05) is 44.1 Å². The van der Waals surface area contributed by atoms with E-state index in [-0.39, 0.29) is 0 Å². The van der Waals surface area contributed by atoms with E-state index in [1.807, 2.05) is 6.07 Å². The molecule has 44 heavy (non-hydrogen) atoms. The number of benzene rings is 7.